The molecule has 1 saturated carbocycles. The third kappa shape index (κ3) is 2.99. The van der Waals surface area contributed by atoms with Gasteiger partial charge in [0.2, 0.25) is 0 Å². The molecule has 1 nitrogen and oxygen atoms in total. The van der Waals surface area contributed by atoms with E-state index in [1.54, 1.807) is 0 Å². The Hall–Kier alpha value is -0.670. The van der Waals surface area contributed by atoms with Crippen LogP contribution in [0.15, 0.2) is 40.9 Å². The number of ether oxygens (including phenoxy) is 1. The van der Waals surface area contributed by atoms with Crippen molar-refractivity contribution in [2.45, 2.75) is 25.7 Å². The highest BCUT2D eigenvalue weighted by atomic mass is 79.9. The van der Waals surface area contributed by atoms with Crippen molar-refractivity contribution in [3.05, 3.63) is 40.9 Å². The molecule has 2 aromatic rings. The van der Waals surface area contributed by atoms with Crippen molar-refractivity contribution in [1.82, 2.24) is 0 Å². The summed E-state index contributed by atoms with van der Waals surface area (Å²) in [6.07, 6.45) is 5.12. The van der Waals surface area contributed by atoms with Crippen LogP contribution in [0.3, 0.4) is 0 Å². The fourth-order valence-corrected chi connectivity index (χ4v) is 3.78. The van der Waals surface area contributed by atoms with Crippen LogP contribution in [0.25, 0.3) is 10.8 Å². The van der Waals surface area contributed by atoms with Gasteiger partial charge in [-0.25, -0.2) is 0 Å². The van der Waals surface area contributed by atoms with Crippen molar-refractivity contribution >= 4 is 39.3 Å². The molecule has 1 aliphatic carbocycles. The second-order valence-corrected chi connectivity index (χ2v) is 7.04. The maximum Gasteiger partial charge on any atom is 0.119 e. The van der Waals surface area contributed by atoms with Crippen molar-refractivity contribution in [2.24, 2.45) is 5.41 Å². The maximum absolute atomic E-state index is 6.06. The van der Waals surface area contributed by atoms with Gasteiger partial charge in [-0.05, 0) is 53.6 Å². The average molecular weight is 351 g/mol. The van der Waals surface area contributed by atoms with E-state index >= 15 is 0 Å². The van der Waals surface area contributed by atoms with Gasteiger partial charge in [0.05, 0.1) is 6.61 Å². The van der Waals surface area contributed by atoms with Gasteiger partial charge in [0.15, 0.2) is 0 Å². The van der Waals surface area contributed by atoms with Crippen molar-refractivity contribution in [3.8, 4) is 5.75 Å². The normalized spacial score (nSPS) is 17.5. The molecule has 3 rings (SSSR count). The van der Waals surface area contributed by atoms with E-state index in [0.29, 0.717) is 0 Å². The van der Waals surface area contributed by atoms with E-state index in [1.165, 1.54) is 36.5 Å². The van der Waals surface area contributed by atoms with E-state index in [-0.39, 0.29) is 5.41 Å². The lowest BCUT2D eigenvalue weighted by Gasteiger charge is -2.26. The molecule has 0 atom stereocenters. The van der Waals surface area contributed by atoms with Gasteiger partial charge in [-0.1, -0.05) is 40.9 Å². The first-order chi connectivity index (χ1) is 9.71. The molecule has 0 amide bonds. The summed E-state index contributed by atoms with van der Waals surface area (Å²) in [5.74, 6) is 1.89. The molecule has 0 spiro atoms. The molecule has 2 aromatic carbocycles. The van der Waals surface area contributed by atoms with Gasteiger partial charge >= 0.3 is 0 Å². The first-order valence-corrected chi connectivity index (χ1v) is 8.56. The molecule has 0 N–H and O–H groups in total. The second kappa shape index (κ2) is 5.98. The van der Waals surface area contributed by atoms with Crippen molar-refractivity contribution in [2.75, 3.05) is 12.4 Å². The van der Waals surface area contributed by atoms with Crippen LogP contribution in [-0.4, -0.2) is 12.4 Å². The fraction of sp³-hybridized carbons (Fsp3) is 0.412. The molecular formula is C17H19BrOS. The van der Waals surface area contributed by atoms with E-state index in [1.807, 2.05) is 0 Å². The number of rotatable bonds is 4. The van der Waals surface area contributed by atoms with Crippen LogP contribution in [-0.2, 0) is 0 Å². The van der Waals surface area contributed by atoms with Crippen LogP contribution >= 0.6 is 28.6 Å². The molecule has 0 aromatic heterocycles. The zero-order chi connectivity index (χ0) is 14.0. The summed E-state index contributed by atoms with van der Waals surface area (Å²) < 4.78 is 7.17. The largest absolute Gasteiger partial charge is 0.493 e. The second-order valence-electron chi connectivity index (χ2n) is 5.81. The fourth-order valence-electron chi connectivity index (χ4n) is 2.99. The summed E-state index contributed by atoms with van der Waals surface area (Å²) in [5.41, 5.74) is 0.289. The van der Waals surface area contributed by atoms with E-state index in [9.17, 15) is 0 Å². The lowest BCUT2D eigenvalue weighted by Crippen LogP contribution is -2.27. The summed E-state index contributed by atoms with van der Waals surface area (Å²) in [6.45, 7) is 0.790. The highest BCUT2D eigenvalue weighted by molar-refractivity contribution is 9.10. The van der Waals surface area contributed by atoms with Crippen molar-refractivity contribution in [1.29, 1.82) is 0 Å². The standard InChI is InChI=1S/C17H19BrOS/c18-15-5-3-14-10-16(6-4-13(14)9-15)19-11-17(12-20)7-1-2-8-17/h3-6,9-10,20H,1-2,7-8,11-12H2. The molecule has 106 valence electrons. The minimum atomic E-state index is 0.289. The van der Waals surface area contributed by atoms with Crippen LogP contribution < -0.4 is 4.74 Å². The summed E-state index contributed by atoms with van der Waals surface area (Å²) in [7, 11) is 0. The number of hydrogen-bond donors (Lipinski definition) is 1. The van der Waals surface area contributed by atoms with Crippen LogP contribution in [0.2, 0.25) is 0 Å². The van der Waals surface area contributed by atoms with Gasteiger partial charge in [-0.2, -0.15) is 12.6 Å². The molecule has 0 aliphatic heterocycles. The lowest BCUT2D eigenvalue weighted by molar-refractivity contribution is 0.173. The van der Waals surface area contributed by atoms with Crippen LogP contribution in [0.4, 0.5) is 0 Å². The first kappa shape index (κ1) is 14.3. The minimum absolute atomic E-state index is 0.289. The molecular weight excluding hydrogens is 332 g/mol. The molecule has 0 bridgehead atoms. The Balaban J connectivity index is 1.76. The minimum Gasteiger partial charge on any atom is -0.493 e. The summed E-state index contributed by atoms with van der Waals surface area (Å²) in [4.78, 5) is 0. The monoisotopic (exact) mass is 350 g/mol. The van der Waals surface area contributed by atoms with Gasteiger partial charge in [-0.3, -0.25) is 0 Å². The third-order valence-electron chi connectivity index (χ3n) is 4.32. The smallest absolute Gasteiger partial charge is 0.119 e. The highest BCUT2D eigenvalue weighted by Crippen LogP contribution is 2.39. The Bertz CT molecular complexity index is 605. The predicted octanol–water partition coefficient (Wildman–Crippen LogP) is 5.47. The van der Waals surface area contributed by atoms with Gasteiger partial charge < -0.3 is 4.74 Å². The van der Waals surface area contributed by atoms with E-state index in [2.05, 4.69) is 65.0 Å². The van der Waals surface area contributed by atoms with Crippen molar-refractivity contribution < 1.29 is 4.74 Å². The maximum atomic E-state index is 6.06. The SMILES string of the molecule is SCC1(COc2ccc3cc(Br)ccc3c2)CCCC1. The summed E-state index contributed by atoms with van der Waals surface area (Å²) in [5, 5.41) is 2.45. The Morgan fingerprint density at radius 2 is 1.75 bits per heavy atom. The van der Waals surface area contributed by atoms with Gasteiger partial charge in [0.1, 0.15) is 5.75 Å². The molecule has 3 heteroatoms. The van der Waals surface area contributed by atoms with E-state index in [4.69, 9.17) is 4.74 Å². The Morgan fingerprint density at radius 1 is 1.05 bits per heavy atom. The predicted molar refractivity (Wildman–Crippen MR) is 91.9 cm³/mol. The molecule has 20 heavy (non-hydrogen) atoms. The molecule has 0 radical (unpaired) electrons. The molecule has 1 fully saturated rings. The topological polar surface area (TPSA) is 9.23 Å². The molecule has 1 aliphatic rings. The number of benzene rings is 2. The van der Waals surface area contributed by atoms with Crippen LogP contribution in [0, 0.1) is 5.41 Å². The zero-order valence-corrected chi connectivity index (χ0v) is 13.9. The highest BCUT2D eigenvalue weighted by Gasteiger charge is 2.33. The number of thiol groups is 1. The molecule has 0 heterocycles. The summed E-state index contributed by atoms with van der Waals surface area (Å²) in [6, 6.07) is 12.6. The van der Waals surface area contributed by atoms with Crippen molar-refractivity contribution in [3.63, 3.8) is 0 Å². The van der Waals surface area contributed by atoms with Gasteiger partial charge in [0.25, 0.3) is 0 Å². The zero-order valence-electron chi connectivity index (χ0n) is 11.4. The number of halogens is 1. The van der Waals surface area contributed by atoms with E-state index < -0.39 is 0 Å². The third-order valence-corrected chi connectivity index (χ3v) is 5.48. The Morgan fingerprint density at radius 3 is 2.50 bits per heavy atom. The van der Waals surface area contributed by atoms with Crippen LogP contribution in [0.5, 0.6) is 5.75 Å². The van der Waals surface area contributed by atoms with Gasteiger partial charge in [-0.15, -0.1) is 0 Å². The quantitative estimate of drug-likeness (QED) is 0.719. The van der Waals surface area contributed by atoms with E-state index in [0.717, 1.165) is 22.6 Å². The summed E-state index contributed by atoms with van der Waals surface area (Å²) >= 11 is 8.04. The molecule has 0 saturated heterocycles. The lowest BCUT2D eigenvalue weighted by atomic mass is 9.90. The Kier molecular flexibility index (Phi) is 4.27. The van der Waals surface area contributed by atoms with Crippen LogP contribution in [0.1, 0.15) is 25.7 Å². The number of fused-ring (bicyclic) bond motifs is 1. The first-order valence-electron chi connectivity index (χ1n) is 7.14. The molecule has 0 unspecified atom stereocenters. The number of hydrogen-bond acceptors (Lipinski definition) is 2. The Labute approximate surface area is 134 Å². The average Bonchev–Trinajstić information content (AvgIpc) is 2.94. The van der Waals surface area contributed by atoms with Gasteiger partial charge in [0, 0.05) is 9.89 Å².